The second-order valence-electron chi connectivity index (χ2n) is 8.57. The molecule has 2 amide bonds. The Hall–Kier alpha value is -3.53. The first-order valence-corrected chi connectivity index (χ1v) is 12.5. The summed E-state index contributed by atoms with van der Waals surface area (Å²) in [5.41, 5.74) is 0.696. The maximum atomic E-state index is 13.2. The predicted molar refractivity (Wildman–Crippen MR) is 134 cm³/mol. The van der Waals surface area contributed by atoms with Gasteiger partial charge in [-0.15, -0.1) is 11.3 Å². The highest BCUT2D eigenvalue weighted by Crippen LogP contribution is 2.28. The minimum atomic E-state index is -0.534. The Morgan fingerprint density at radius 1 is 1.23 bits per heavy atom. The van der Waals surface area contributed by atoms with Crippen molar-refractivity contribution in [2.45, 2.75) is 52.6 Å². The fourth-order valence-electron chi connectivity index (χ4n) is 4.35. The number of aryl methyl sites for hydroxylation is 1. The molecule has 0 aliphatic carbocycles. The maximum Gasteiger partial charge on any atom is 0.340 e. The molecule has 1 fully saturated rings. The van der Waals surface area contributed by atoms with Crippen LogP contribution < -0.4 is 10.9 Å². The van der Waals surface area contributed by atoms with Gasteiger partial charge in [0.25, 0.3) is 11.5 Å². The van der Waals surface area contributed by atoms with Crippen LogP contribution in [0, 0.1) is 6.92 Å². The highest BCUT2D eigenvalue weighted by atomic mass is 32.1. The summed E-state index contributed by atoms with van der Waals surface area (Å²) in [5.74, 6) is -1.10. The minimum Gasteiger partial charge on any atom is -0.462 e. The van der Waals surface area contributed by atoms with Gasteiger partial charge in [-0.05, 0) is 57.7 Å². The Kier molecular flexibility index (Phi) is 7.30. The van der Waals surface area contributed by atoms with Crippen LogP contribution in [0.1, 0.15) is 58.7 Å². The number of amides is 2. The van der Waals surface area contributed by atoms with Crippen molar-refractivity contribution in [2.75, 3.05) is 18.5 Å². The summed E-state index contributed by atoms with van der Waals surface area (Å²) in [4.78, 5) is 58.3. The summed E-state index contributed by atoms with van der Waals surface area (Å²) in [5, 5.41) is 3.08. The Labute approximate surface area is 206 Å². The molecule has 0 bridgehead atoms. The normalized spacial score (nSPS) is 15.7. The Morgan fingerprint density at radius 2 is 2.00 bits per heavy atom. The highest BCUT2D eigenvalue weighted by Gasteiger charge is 2.25. The second kappa shape index (κ2) is 10.4. The van der Waals surface area contributed by atoms with Crippen molar-refractivity contribution in [3.8, 4) is 0 Å². The van der Waals surface area contributed by atoms with E-state index in [0.29, 0.717) is 32.9 Å². The van der Waals surface area contributed by atoms with Crippen molar-refractivity contribution in [1.29, 1.82) is 0 Å². The van der Waals surface area contributed by atoms with E-state index in [0.717, 1.165) is 30.6 Å². The fraction of sp³-hybridized carbons (Fsp3) is 0.400. The van der Waals surface area contributed by atoms with Gasteiger partial charge < -0.3 is 15.0 Å². The maximum absolute atomic E-state index is 13.2. The van der Waals surface area contributed by atoms with E-state index in [1.807, 2.05) is 11.8 Å². The lowest BCUT2D eigenvalue weighted by Gasteiger charge is -2.33. The fourth-order valence-corrected chi connectivity index (χ4v) is 5.39. The van der Waals surface area contributed by atoms with E-state index in [9.17, 15) is 19.2 Å². The van der Waals surface area contributed by atoms with Gasteiger partial charge >= 0.3 is 5.97 Å². The van der Waals surface area contributed by atoms with Crippen molar-refractivity contribution in [2.24, 2.45) is 0 Å². The zero-order valence-corrected chi connectivity index (χ0v) is 20.8. The first-order chi connectivity index (χ1) is 16.8. The number of carbonyl (C=O) groups is 3. The molecule has 9 nitrogen and oxygen atoms in total. The molecule has 2 aromatic heterocycles. The molecule has 1 aliphatic rings. The van der Waals surface area contributed by atoms with Crippen LogP contribution in [0.25, 0.3) is 10.2 Å². The largest absolute Gasteiger partial charge is 0.462 e. The number of hydrogen-bond donors (Lipinski definition) is 1. The summed E-state index contributed by atoms with van der Waals surface area (Å²) in [7, 11) is 0. The number of para-hydroxylation sites is 1. The molecule has 1 aromatic carbocycles. The van der Waals surface area contributed by atoms with Crippen molar-refractivity contribution in [3.63, 3.8) is 0 Å². The third-order valence-electron chi connectivity index (χ3n) is 6.22. The van der Waals surface area contributed by atoms with E-state index in [2.05, 4.69) is 10.3 Å². The molecule has 1 N–H and O–H groups in total. The zero-order chi connectivity index (χ0) is 25.1. The monoisotopic (exact) mass is 496 g/mol. The molecule has 1 atom stereocenters. The van der Waals surface area contributed by atoms with Crippen LogP contribution >= 0.6 is 11.3 Å². The number of fused-ring (bicyclic) bond motifs is 1. The molecule has 0 radical (unpaired) electrons. The van der Waals surface area contributed by atoms with Crippen LogP contribution in [0.4, 0.5) is 5.69 Å². The summed E-state index contributed by atoms with van der Waals surface area (Å²) >= 11 is 1.10. The van der Waals surface area contributed by atoms with Gasteiger partial charge in [0.05, 0.1) is 34.4 Å². The van der Waals surface area contributed by atoms with Gasteiger partial charge in [0.1, 0.15) is 11.4 Å². The summed E-state index contributed by atoms with van der Waals surface area (Å²) in [6.07, 6.45) is 4.38. The standard InChI is InChI=1S/C25H28N4O5S/c1-4-34-25(33)17-10-5-6-11-18(17)27-22(31)21-16(3)20-23(35-21)26-14-28(24(20)32)13-19(30)29-12-8-7-9-15(29)2/h5-6,10-11,14-15H,4,7-9,12-13H2,1-3H3,(H,27,31)/t15-/m0/s1. The summed E-state index contributed by atoms with van der Waals surface area (Å²) < 4.78 is 6.37. The quantitative estimate of drug-likeness (QED) is 0.522. The van der Waals surface area contributed by atoms with Crippen LogP contribution in [-0.2, 0) is 16.1 Å². The molecule has 3 aromatic rings. The highest BCUT2D eigenvalue weighted by molar-refractivity contribution is 7.20. The van der Waals surface area contributed by atoms with Crippen LogP contribution in [0.3, 0.4) is 0 Å². The SMILES string of the molecule is CCOC(=O)c1ccccc1NC(=O)c1sc2ncn(CC(=O)N3CCCC[C@@H]3C)c(=O)c2c1C. The van der Waals surface area contributed by atoms with Gasteiger partial charge in [0.15, 0.2) is 0 Å². The van der Waals surface area contributed by atoms with Crippen LogP contribution in [0.5, 0.6) is 0 Å². The number of anilines is 1. The lowest BCUT2D eigenvalue weighted by molar-refractivity contribution is -0.135. The van der Waals surface area contributed by atoms with E-state index >= 15 is 0 Å². The first kappa shape index (κ1) is 24.6. The number of nitrogens with one attached hydrogen (secondary N) is 1. The Bertz CT molecular complexity index is 1350. The summed E-state index contributed by atoms with van der Waals surface area (Å²) in [6, 6.07) is 6.73. The number of benzene rings is 1. The molecule has 1 saturated heterocycles. The molecule has 1 aliphatic heterocycles. The van der Waals surface area contributed by atoms with Gasteiger partial charge in [-0.3, -0.25) is 19.0 Å². The average molecular weight is 497 g/mol. The van der Waals surface area contributed by atoms with Crippen LogP contribution in [0.2, 0.25) is 0 Å². The topological polar surface area (TPSA) is 111 Å². The number of carbonyl (C=O) groups excluding carboxylic acids is 3. The lowest BCUT2D eigenvalue weighted by Crippen LogP contribution is -2.44. The third kappa shape index (κ3) is 4.97. The van der Waals surface area contributed by atoms with Crippen molar-refractivity contribution >= 4 is 45.0 Å². The number of aromatic nitrogens is 2. The van der Waals surface area contributed by atoms with Crippen molar-refractivity contribution < 1.29 is 19.1 Å². The van der Waals surface area contributed by atoms with Crippen LogP contribution in [0.15, 0.2) is 35.4 Å². The zero-order valence-electron chi connectivity index (χ0n) is 20.0. The number of hydrogen-bond acceptors (Lipinski definition) is 7. The van der Waals surface area contributed by atoms with Gasteiger partial charge in [-0.25, -0.2) is 9.78 Å². The van der Waals surface area contributed by atoms with Crippen molar-refractivity contribution in [3.05, 3.63) is 57.0 Å². The first-order valence-electron chi connectivity index (χ1n) is 11.7. The van der Waals surface area contributed by atoms with E-state index in [1.54, 1.807) is 38.1 Å². The van der Waals surface area contributed by atoms with Gasteiger partial charge in [-0.1, -0.05) is 12.1 Å². The number of piperidine rings is 1. The number of esters is 1. The summed E-state index contributed by atoms with van der Waals surface area (Å²) in [6.45, 7) is 6.24. The van der Waals surface area contributed by atoms with Crippen LogP contribution in [-0.4, -0.2) is 51.4 Å². The molecule has 184 valence electrons. The predicted octanol–water partition coefficient (Wildman–Crippen LogP) is 3.60. The number of likely N-dealkylation sites (tertiary alicyclic amines) is 1. The minimum absolute atomic E-state index is 0.0875. The molecule has 3 heterocycles. The molecule has 0 unspecified atom stereocenters. The molecular formula is C25H28N4O5S. The smallest absolute Gasteiger partial charge is 0.340 e. The second-order valence-corrected chi connectivity index (χ2v) is 9.57. The van der Waals surface area contributed by atoms with E-state index in [-0.39, 0.29) is 36.2 Å². The number of ether oxygens (including phenoxy) is 1. The van der Waals surface area contributed by atoms with Gasteiger partial charge in [-0.2, -0.15) is 0 Å². The molecule has 0 saturated carbocycles. The van der Waals surface area contributed by atoms with E-state index in [1.165, 1.54) is 10.9 Å². The Morgan fingerprint density at radius 3 is 2.74 bits per heavy atom. The third-order valence-corrected chi connectivity index (χ3v) is 7.42. The van der Waals surface area contributed by atoms with Gasteiger partial charge in [0, 0.05) is 12.6 Å². The molecular weight excluding hydrogens is 468 g/mol. The number of nitrogens with zero attached hydrogens (tertiary/aromatic N) is 3. The van der Waals surface area contributed by atoms with E-state index < -0.39 is 11.9 Å². The van der Waals surface area contributed by atoms with Crippen molar-refractivity contribution in [1.82, 2.24) is 14.5 Å². The van der Waals surface area contributed by atoms with Gasteiger partial charge in [0.2, 0.25) is 5.91 Å². The molecule has 4 rings (SSSR count). The molecule has 0 spiro atoms. The Balaban J connectivity index is 1.60. The number of thiophene rings is 1. The molecule has 35 heavy (non-hydrogen) atoms. The van der Waals surface area contributed by atoms with E-state index in [4.69, 9.17) is 4.74 Å². The lowest BCUT2D eigenvalue weighted by atomic mass is 10.0. The number of rotatable bonds is 6. The average Bonchev–Trinajstić information content (AvgIpc) is 3.18. The molecule has 10 heteroatoms.